The van der Waals surface area contributed by atoms with Crippen molar-refractivity contribution in [2.75, 3.05) is 0 Å². The summed E-state index contributed by atoms with van der Waals surface area (Å²) in [5.41, 5.74) is 6.08. The van der Waals surface area contributed by atoms with Crippen LogP contribution in [0.25, 0.3) is 16.6 Å². The van der Waals surface area contributed by atoms with Crippen LogP contribution in [0.15, 0.2) is 36.0 Å². The van der Waals surface area contributed by atoms with Crippen LogP contribution in [-0.4, -0.2) is 15.0 Å². The average Bonchev–Trinajstić information content (AvgIpc) is 3.13. The van der Waals surface area contributed by atoms with E-state index in [-0.39, 0.29) is 10.6 Å². The number of non-ortho nitro benzene ring substituents is 1. The monoisotopic (exact) mass is 311 g/mol. The molecule has 0 unspecified atom stereocenters. The van der Waals surface area contributed by atoms with Crippen molar-refractivity contribution < 1.29 is 9.44 Å². The number of nitro benzene ring substituents is 1. The Balaban J connectivity index is 1.84. The molecule has 0 fully saturated rings. The molecular weight excluding hydrogens is 300 g/mol. The number of nitro groups is 1. The Bertz CT molecular complexity index is 932. The lowest BCUT2D eigenvalue weighted by atomic mass is 10.1. The SMILES string of the molecule is O=[N+]([O-])c1cccc(C=C2CCc3cnc4scn[n+]4c32)c1. The molecule has 0 bridgehead atoms. The van der Waals surface area contributed by atoms with E-state index in [1.54, 1.807) is 17.6 Å². The molecule has 0 saturated carbocycles. The lowest BCUT2D eigenvalue weighted by Crippen LogP contribution is -2.29. The first-order valence-corrected chi connectivity index (χ1v) is 7.69. The number of hydrogen-bond acceptors (Lipinski definition) is 5. The number of aryl methyl sites for hydroxylation is 1. The minimum absolute atomic E-state index is 0.105. The third-order valence-electron chi connectivity index (χ3n) is 3.74. The standard InChI is InChI=1S/C15H11N4O2S/c20-19(21)13-3-1-2-10(7-13)6-11-4-5-12-8-16-15-18(14(11)12)17-9-22-15/h1-3,6-9H,4-5H2/q+1. The van der Waals surface area contributed by atoms with Crippen molar-refractivity contribution >= 4 is 33.6 Å². The largest absolute Gasteiger partial charge is 0.409 e. The zero-order valence-electron chi connectivity index (χ0n) is 11.5. The Morgan fingerprint density at radius 2 is 2.27 bits per heavy atom. The van der Waals surface area contributed by atoms with Crippen molar-refractivity contribution in [1.29, 1.82) is 0 Å². The first-order chi connectivity index (χ1) is 10.7. The number of allylic oxidation sites excluding steroid dienone is 1. The van der Waals surface area contributed by atoms with Crippen LogP contribution in [0, 0.1) is 10.1 Å². The molecule has 1 aromatic carbocycles. The van der Waals surface area contributed by atoms with Crippen LogP contribution in [-0.2, 0) is 6.42 Å². The maximum Gasteiger partial charge on any atom is 0.409 e. The highest BCUT2D eigenvalue weighted by Gasteiger charge is 2.27. The molecule has 2 heterocycles. The highest BCUT2D eigenvalue weighted by molar-refractivity contribution is 7.14. The minimum Gasteiger partial charge on any atom is -0.258 e. The molecule has 1 aliphatic carbocycles. The molecule has 0 spiro atoms. The van der Waals surface area contributed by atoms with Gasteiger partial charge in [-0.05, 0) is 40.8 Å². The van der Waals surface area contributed by atoms with Crippen LogP contribution in [0.4, 0.5) is 5.69 Å². The van der Waals surface area contributed by atoms with Gasteiger partial charge in [0, 0.05) is 23.3 Å². The maximum absolute atomic E-state index is 10.9. The van der Waals surface area contributed by atoms with Crippen molar-refractivity contribution in [3.8, 4) is 0 Å². The Hall–Kier alpha value is -2.67. The fourth-order valence-electron chi connectivity index (χ4n) is 2.77. The van der Waals surface area contributed by atoms with E-state index >= 15 is 0 Å². The lowest BCUT2D eigenvalue weighted by molar-refractivity contribution is -0.580. The third-order valence-corrected chi connectivity index (χ3v) is 4.43. The number of rotatable bonds is 2. The molecule has 7 heteroatoms. The van der Waals surface area contributed by atoms with Crippen molar-refractivity contribution in [2.45, 2.75) is 12.8 Å². The maximum atomic E-state index is 10.9. The molecule has 0 N–H and O–H groups in total. The summed E-state index contributed by atoms with van der Waals surface area (Å²) in [6.45, 7) is 0. The van der Waals surface area contributed by atoms with E-state index in [0.717, 1.165) is 34.6 Å². The normalized spacial score (nSPS) is 15.4. The highest BCUT2D eigenvalue weighted by Crippen LogP contribution is 2.31. The van der Waals surface area contributed by atoms with Gasteiger partial charge in [0.15, 0.2) is 5.69 Å². The zero-order chi connectivity index (χ0) is 15.1. The molecule has 0 amide bonds. The first-order valence-electron chi connectivity index (χ1n) is 6.81. The summed E-state index contributed by atoms with van der Waals surface area (Å²) >= 11 is 1.49. The van der Waals surface area contributed by atoms with Crippen molar-refractivity contribution in [3.63, 3.8) is 0 Å². The summed E-state index contributed by atoms with van der Waals surface area (Å²) in [5, 5.41) is 15.2. The van der Waals surface area contributed by atoms with Gasteiger partial charge >= 0.3 is 4.96 Å². The molecule has 0 radical (unpaired) electrons. The van der Waals surface area contributed by atoms with E-state index in [2.05, 4.69) is 10.1 Å². The van der Waals surface area contributed by atoms with Gasteiger partial charge < -0.3 is 0 Å². The van der Waals surface area contributed by atoms with E-state index in [9.17, 15) is 10.1 Å². The second kappa shape index (κ2) is 4.96. The lowest BCUT2D eigenvalue weighted by Gasteiger charge is -1.99. The summed E-state index contributed by atoms with van der Waals surface area (Å²) in [7, 11) is 0. The number of nitrogens with zero attached hydrogens (tertiary/aromatic N) is 4. The van der Waals surface area contributed by atoms with Crippen LogP contribution in [0.1, 0.15) is 23.2 Å². The van der Waals surface area contributed by atoms with Crippen LogP contribution in [0.2, 0.25) is 0 Å². The molecule has 0 aliphatic heterocycles. The Kier molecular flexibility index (Phi) is 2.93. The van der Waals surface area contributed by atoms with Gasteiger partial charge in [-0.15, -0.1) is 0 Å². The summed E-state index contributed by atoms with van der Waals surface area (Å²) in [5.74, 6) is 0. The van der Waals surface area contributed by atoms with Gasteiger partial charge in [0.05, 0.1) is 4.92 Å². The third kappa shape index (κ3) is 2.06. The zero-order valence-corrected chi connectivity index (χ0v) is 12.3. The molecule has 3 aromatic rings. The molecule has 0 atom stereocenters. The van der Waals surface area contributed by atoms with Crippen LogP contribution in [0.3, 0.4) is 0 Å². The second-order valence-corrected chi connectivity index (χ2v) is 5.90. The fourth-order valence-corrected chi connectivity index (χ4v) is 3.36. The van der Waals surface area contributed by atoms with Gasteiger partial charge in [0.1, 0.15) is 11.7 Å². The Morgan fingerprint density at radius 3 is 3.14 bits per heavy atom. The topological polar surface area (TPSA) is 73.0 Å². The fraction of sp³-hybridized carbons (Fsp3) is 0.133. The van der Waals surface area contributed by atoms with E-state index < -0.39 is 0 Å². The Morgan fingerprint density at radius 1 is 1.36 bits per heavy atom. The Labute approximate surface area is 129 Å². The molecule has 108 valence electrons. The summed E-state index contributed by atoms with van der Waals surface area (Å²) < 4.78 is 1.86. The summed E-state index contributed by atoms with van der Waals surface area (Å²) in [6, 6.07) is 6.68. The van der Waals surface area contributed by atoms with Crippen molar-refractivity contribution in [2.24, 2.45) is 0 Å². The quantitative estimate of drug-likeness (QED) is 0.414. The van der Waals surface area contributed by atoms with Crippen LogP contribution < -0.4 is 4.52 Å². The highest BCUT2D eigenvalue weighted by atomic mass is 32.1. The van der Waals surface area contributed by atoms with Gasteiger partial charge in [-0.2, -0.15) is 0 Å². The predicted molar refractivity (Wildman–Crippen MR) is 82.4 cm³/mol. The van der Waals surface area contributed by atoms with E-state index in [1.165, 1.54) is 23.0 Å². The van der Waals surface area contributed by atoms with Gasteiger partial charge in [0.25, 0.3) is 5.69 Å². The van der Waals surface area contributed by atoms with Crippen LogP contribution in [0.5, 0.6) is 0 Å². The smallest absolute Gasteiger partial charge is 0.258 e. The molecule has 6 nitrogen and oxygen atoms in total. The number of benzene rings is 1. The van der Waals surface area contributed by atoms with Gasteiger partial charge in [-0.3, -0.25) is 10.1 Å². The van der Waals surface area contributed by atoms with E-state index in [1.807, 2.05) is 22.9 Å². The van der Waals surface area contributed by atoms with Gasteiger partial charge in [0.2, 0.25) is 0 Å². The average molecular weight is 311 g/mol. The van der Waals surface area contributed by atoms with Crippen molar-refractivity contribution in [1.82, 2.24) is 10.1 Å². The molecule has 4 rings (SSSR count). The predicted octanol–water partition coefficient (Wildman–Crippen LogP) is 2.67. The second-order valence-electron chi connectivity index (χ2n) is 5.09. The molecule has 22 heavy (non-hydrogen) atoms. The molecular formula is C15H11N4O2S+. The molecule has 2 aromatic heterocycles. The van der Waals surface area contributed by atoms with E-state index in [4.69, 9.17) is 0 Å². The number of fused-ring (bicyclic) bond motifs is 3. The summed E-state index contributed by atoms with van der Waals surface area (Å²) in [4.78, 5) is 15.8. The molecule has 1 aliphatic rings. The number of aromatic nitrogens is 3. The van der Waals surface area contributed by atoms with Crippen molar-refractivity contribution in [3.05, 3.63) is 62.9 Å². The van der Waals surface area contributed by atoms with Gasteiger partial charge in [-0.25, -0.2) is 0 Å². The summed E-state index contributed by atoms with van der Waals surface area (Å²) in [6.07, 6.45) is 5.72. The number of hydrogen-bond donors (Lipinski definition) is 0. The first kappa shape index (κ1) is 13.0. The minimum atomic E-state index is -0.373. The molecule has 0 saturated heterocycles. The van der Waals surface area contributed by atoms with E-state index in [0.29, 0.717) is 0 Å². The van der Waals surface area contributed by atoms with Crippen LogP contribution >= 0.6 is 11.3 Å². The van der Waals surface area contributed by atoms with Gasteiger partial charge in [-0.1, -0.05) is 21.7 Å².